The number of aromatic nitrogens is 1. The lowest BCUT2D eigenvalue weighted by Gasteiger charge is -2.37. The van der Waals surface area contributed by atoms with Crippen molar-refractivity contribution in [2.24, 2.45) is 0 Å². The smallest absolute Gasteiger partial charge is 0.223 e. The summed E-state index contributed by atoms with van der Waals surface area (Å²) in [5.74, 6) is 0.464. The van der Waals surface area contributed by atoms with Gasteiger partial charge in [0.25, 0.3) is 0 Å². The van der Waals surface area contributed by atoms with Crippen LogP contribution < -0.4 is 5.32 Å². The molecule has 2 amide bonds. The quantitative estimate of drug-likeness (QED) is 0.809. The standard InChI is InChI=1S/C15H22ClN3O4/c1-17-13(20)9-15(10-22-2)6-3-7-19(15)14(21)5-4-11-8-12(16)18-23-11/h8H,3-7,9-10H2,1-2H3,(H,17,20). The lowest BCUT2D eigenvalue weighted by Crippen LogP contribution is -2.52. The normalized spacial score (nSPS) is 20.7. The Labute approximate surface area is 140 Å². The maximum Gasteiger partial charge on any atom is 0.223 e. The molecule has 1 unspecified atom stereocenters. The van der Waals surface area contributed by atoms with E-state index in [4.69, 9.17) is 20.9 Å². The van der Waals surface area contributed by atoms with Gasteiger partial charge in [-0.25, -0.2) is 0 Å². The molecule has 0 aromatic carbocycles. The van der Waals surface area contributed by atoms with E-state index in [1.54, 1.807) is 25.1 Å². The zero-order valence-electron chi connectivity index (χ0n) is 13.4. The van der Waals surface area contributed by atoms with Crippen LogP contribution in [0.5, 0.6) is 0 Å². The van der Waals surface area contributed by atoms with Crippen LogP contribution >= 0.6 is 11.6 Å². The number of hydrogen-bond acceptors (Lipinski definition) is 5. The highest BCUT2D eigenvalue weighted by atomic mass is 35.5. The Balaban J connectivity index is 2.04. The van der Waals surface area contributed by atoms with Gasteiger partial charge in [-0.05, 0) is 12.8 Å². The van der Waals surface area contributed by atoms with Crippen LogP contribution in [0, 0.1) is 0 Å². The van der Waals surface area contributed by atoms with Gasteiger partial charge in [-0.2, -0.15) is 0 Å². The molecule has 1 aliphatic heterocycles. The second-order valence-electron chi connectivity index (χ2n) is 5.77. The molecule has 8 heteroatoms. The van der Waals surface area contributed by atoms with E-state index in [1.165, 1.54) is 0 Å². The number of nitrogens with zero attached hydrogens (tertiary/aromatic N) is 2. The van der Waals surface area contributed by atoms with Crippen molar-refractivity contribution >= 4 is 23.4 Å². The first kappa shape index (κ1) is 17.7. The third-order valence-corrected chi connectivity index (χ3v) is 4.37. The first-order valence-electron chi connectivity index (χ1n) is 7.62. The first-order valence-corrected chi connectivity index (χ1v) is 7.99. The summed E-state index contributed by atoms with van der Waals surface area (Å²) in [4.78, 5) is 26.3. The molecule has 23 heavy (non-hydrogen) atoms. The van der Waals surface area contributed by atoms with Crippen LogP contribution in [0.15, 0.2) is 10.6 Å². The number of ether oxygens (including phenoxy) is 1. The average Bonchev–Trinajstić information content (AvgIpc) is 3.12. The maximum atomic E-state index is 12.6. The Kier molecular flexibility index (Phi) is 6.01. The number of amides is 2. The number of carbonyl (C=O) groups is 2. The molecule has 1 atom stereocenters. The first-order chi connectivity index (χ1) is 11.0. The fourth-order valence-electron chi connectivity index (χ4n) is 3.14. The number of carbonyl (C=O) groups excluding carboxylic acids is 2. The molecule has 1 N–H and O–H groups in total. The third kappa shape index (κ3) is 4.23. The van der Waals surface area contributed by atoms with Gasteiger partial charge in [0.1, 0.15) is 5.76 Å². The summed E-state index contributed by atoms with van der Waals surface area (Å²) in [6, 6.07) is 1.60. The van der Waals surface area contributed by atoms with E-state index in [0.717, 1.165) is 12.8 Å². The van der Waals surface area contributed by atoms with E-state index in [-0.39, 0.29) is 29.8 Å². The second kappa shape index (κ2) is 7.79. The molecule has 1 aromatic rings. The van der Waals surface area contributed by atoms with Crippen molar-refractivity contribution in [1.82, 2.24) is 15.4 Å². The van der Waals surface area contributed by atoms with Crippen LogP contribution in [0.1, 0.15) is 31.4 Å². The number of rotatable bonds is 7. The number of nitrogens with one attached hydrogen (secondary N) is 1. The molecular formula is C15H22ClN3O4. The summed E-state index contributed by atoms with van der Waals surface area (Å²) >= 11 is 5.70. The Bertz CT molecular complexity index is 563. The zero-order chi connectivity index (χ0) is 16.9. The topological polar surface area (TPSA) is 84.7 Å². The van der Waals surface area contributed by atoms with E-state index in [1.807, 2.05) is 0 Å². The molecule has 2 rings (SSSR count). The molecule has 1 saturated heterocycles. The predicted octanol–water partition coefficient (Wildman–Crippen LogP) is 1.40. The molecule has 0 spiro atoms. The van der Waals surface area contributed by atoms with Crippen molar-refractivity contribution in [2.75, 3.05) is 27.3 Å². The number of halogens is 1. The number of hydrogen-bond donors (Lipinski definition) is 1. The summed E-state index contributed by atoms with van der Waals surface area (Å²) < 4.78 is 10.3. The molecule has 128 valence electrons. The SMILES string of the molecule is CNC(=O)CC1(COC)CCCN1C(=O)CCc1cc(Cl)no1. The fourth-order valence-corrected chi connectivity index (χ4v) is 3.30. The van der Waals surface area contributed by atoms with Crippen molar-refractivity contribution in [3.05, 3.63) is 17.0 Å². The Morgan fingerprint density at radius 2 is 2.35 bits per heavy atom. The molecule has 0 aliphatic carbocycles. The van der Waals surface area contributed by atoms with E-state index in [9.17, 15) is 9.59 Å². The fraction of sp³-hybridized carbons (Fsp3) is 0.667. The van der Waals surface area contributed by atoms with Gasteiger partial charge in [0.05, 0.1) is 18.6 Å². The second-order valence-corrected chi connectivity index (χ2v) is 6.16. The van der Waals surface area contributed by atoms with Gasteiger partial charge in [0.2, 0.25) is 11.8 Å². The lowest BCUT2D eigenvalue weighted by molar-refractivity contribution is -0.139. The Morgan fingerprint density at radius 3 is 2.96 bits per heavy atom. The number of aryl methyl sites for hydroxylation is 1. The van der Waals surface area contributed by atoms with Crippen molar-refractivity contribution in [3.8, 4) is 0 Å². The van der Waals surface area contributed by atoms with Crippen LogP contribution in [-0.4, -0.2) is 54.7 Å². The van der Waals surface area contributed by atoms with E-state index in [0.29, 0.717) is 25.3 Å². The molecule has 1 aromatic heterocycles. The largest absolute Gasteiger partial charge is 0.382 e. The van der Waals surface area contributed by atoms with Gasteiger partial charge in [0, 0.05) is 39.6 Å². The predicted molar refractivity (Wildman–Crippen MR) is 84.1 cm³/mol. The lowest BCUT2D eigenvalue weighted by atomic mass is 9.92. The highest BCUT2D eigenvalue weighted by Crippen LogP contribution is 2.33. The molecule has 0 saturated carbocycles. The number of likely N-dealkylation sites (tertiary alicyclic amines) is 1. The summed E-state index contributed by atoms with van der Waals surface area (Å²) in [6.45, 7) is 0.983. The van der Waals surface area contributed by atoms with Gasteiger partial charge < -0.3 is 19.5 Å². The van der Waals surface area contributed by atoms with Crippen molar-refractivity contribution in [2.45, 2.75) is 37.6 Å². The van der Waals surface area contributed by atoms with Crippen molar-refractivity contribution in [3.63, 3.8) is 0 Å². The molecule has 1 fully saturated rings. The summed E-state index contributed by atoms with van der Waals surface area (Å²) in [5, 5.41) is 6.50. The Morgan fingerprint density at radius 1 is 1.57 bits per heavy atom. The minimum Gasteiger partial charge on any atom is -0.382 e. The van der Waals surface area contributed by atoms with Gasteiger partial charge in [-0.15, -0.1) is 0 Å². The summed E-state index contributed by atoms with van der Waals surface area (Å²) in [5.41, 5.74) is -0.564. The van der Waals surface area contributed by atoms with E-state index >= 15 is 0 Å². The van der Waals surface area contributed by atoms with Gasteiger partial charge in [-0.3, -0.25) is 9.59 Å². The molecule has 7 nitrogen and oxygen atoms in total. The van der Waals surface area contributed by atoms with Gasteiger partial charge >= 0.3 is 0 Å². The molecule has 0 bridgehead atoms. The van der Waals surface area contributed by atoms with Crippen LogP contribution in [0.2, 0.25) is 5.15 Å². The van der Waals surface area contributed by atoms with Crippen LogP contribution in [0.25, 0.3) is 0 Å². The average molecular weight is 344 g/mol. The Hall–Kier alpha value is -1.60. The van der Waals surface area contributed by atoms with Crippen LogP contribution in [-0.2, 0) is 20.7 Å². The zero-order valence-corrected chi connectivity index (χ0v) is 14.2. The monoisotopic (exact) mass is 343 g/mol. The molecule has 1 aliphatic rings. The maximum absolute atomic E-state index is 12.6. The minimum absolute atomic E-state index is 0.0176. The van der Waals surface area contributed by atoms with Crippen LogP contribution in [0.3, 0.4) is 0 Å². The van der Waals surface area contributed by atoms with E-state index < -0.39 is 5.54 Å². The van der Waals surface area contributed by atoms with Gasteiger partial charge in [-0.1, -0.05) is 16.8 Å². The highest BCUT2D eigenvalue weighted by molar-refractivity contribution is 6.29. The number of methoxy groups -OCH3 is 1. The van der Waals surface area contributed by atoms with E-state index in [2.05, 4.69) is 10.5 Å². The van der Waals surface area contributed by atoms with Gasteiger partial charge in [0.15, 0.2) is 5.15 Å². The summed E-state index contributed by atoms with van der Waals surface area (Å²) in [7, 11) is 3.18. The molecule has 2 heterocycles. The highest BCUT2D eigenvalue weighted by Gasteiger charge is 2.44. The van der Waals surface area contributed by atoms with Crippen LogP contribution in [0.4, 0.5) is 0 Å². The molecule has 0 radical (unpaired) electrons. The summed E-state index contributed by atoms with van der Waals surface area (Å²) in [6.07, 6.45) is 2.58. The molecular weight excluding hydrogens is 322 g/mol. The minimum atomic E-state index is -0.564. The third-order valence-electron chi connectivity index (χ3n) is 4.19. The van der Waals surface area contributed by atoms with Crippen molar-refractivity contribution in [1.29, 1.82) is 0 Å². The van der Waals surface area contributed by atoms with Crippen molar-refractivity contribution < 1.29 is 18.8 Å².